The molecule has 6 heteroatoms. The van der Waals surface area contributed by atoms with Crippen LogP contribution >= 0.6 is 11.6 Å². The van der Waals surface area contributed by atoms with Gasteiger partial charge in [0.2, 0.25) is 0 Å². The van der Waals surface area contributed by atoms with E-state index < -0.39 is 0 Å². The third-order valence-corrected chi connectivity index (χ3v) is 4.28. The van der Waals surface area contributed by atoms with Gasteiger partial charge in [0.15, 0.2) is 5.96 Å². The van der Waals surface area contributed by atoms with Gasteiger partial charge in [-0.1, -0.05) is 29.8 Å². The molecule has 1 aliphatic rings. The summed E-state index contributed by atoms with van der Waals surface area (Å²) in [5.74, 6) is 2.52. The van der Waals surface area contributed by atoms with Gasteiger partial charge in [0.25, 0.3) is 0 Å². The van der Waals surface area contributed by atoms with Gasteiger partial charge in [0.1, 0.15) is 11.5 Å². The van der Waals surface area contributed by atoms with Crippen LogP contribution in [0.25, 0.3) is 0 Å². The summed E-state index contributed by atoms with van der Waals surface area (Å²) in [4.78, 5) is 4.39. The molecule has 0 saturated heterocycles. The van der Waals surface area contributed by atoms with Crippen molar-refractivity contribution in [3.8, 4) is 11.5 Å². The van der Waals surface area contributed by atoms with Crippen molar-refractivity contribution in [2.45, 2.75) is 19.4 Å². The second-order valence-electron chi connectivity index (χ2n) is 6.04. The Morgan fingerprint density at radius 1 is 1.24 bits per heavy atom. The van der Waals surface area contributed by atoms with Crippen LogP contribution in [0, 0.1) is 5.92 Å². The Morgan fingerprint density at radius 3 is 2.76 bits per heavy atom. The predicted octanol–water partition coefficient (Wildman–Crippen LogP) is 4.06. The third kappa shape index (κ3) is 5.03. The summed E-state index contributed by atoms with van der Waals surface area (Å²) in [7, 11) is 1.58. The Kier molecular flexibility index (Phi) is 5.66. The van der Waals surface area contributed by atoms with E-state index in [1.54, 1.807) is 19.2 Å². The normalized spacial score (nSPS) is 14.2. The van der Waals surface area contributed by atoms with Crippen LogP contribution in [0.1, 0.15) is 18.4 Å². The van der Waals surface area contributed by atoms with E-state index in [9.17, 15) is 0 Å². The molecule has 5 nitrogen and oxygen atoms in total. The molecule has 1 saturated carbocycles. The minimum absolute atomic E-state index is 0.318. The van der Waals surface area contributed by atoms with Crippen LogP contribution in [0.4, 0.5) is 5.69 Å². The number of rotatable bonds is 7. The van der Waals surface area contributed by atoms with Gasteiger partial charge in [-0.25, -0.2) is 4.99 Å². The van der Waals surface area contributed by atoms with Gasteiger partial charge in [-0.05, 0) is 43.0 Å². The lowest BCUT2D eigenvalue weighted by Crippen LogP contribution is -2.22. The lowest BCUT2D eigenvalue weighted by Gasteiger charge is -2.11. The van der Waals surface area contributed by atoms with Crippen LogP contribution in [0.15, 0.2) is 47.5 Å². The quantitative estimate of drug-likeness (QED) is 0.577. The molecule has 132 valence electrons. The highest BCUT2D eigenvalue weighted by Gasteiger charge is 2.22. The van der Waals surface area contributed by atoms with Crippen molar-refractivity contribution in [1.29, 1.82) is 0 Å². The topological polar surface area (TPSA) is 68.9 Å². The zero-order chi connectivity index (χ0) is 17.6. The molecule has 0 radical (unpaired) electrons. The highest BCUT2D eigenvalue weighted by Crippen LogP contribution is 2.30. The molecule has 3 N–H and O–H groups in total. The van der Waals surface area contributed by atoms with Gasteiger partial charge in [-0.3, -0.25) is 0 Å². The summed E-state index contributed by atoms with van der Waals surface area (Å²) in [5, 5.41) is 3.54. The maximum absolute atomic E-state index is 6.11. The van der Waals surface area contributed by atoms with Gasteiger partial charge in [-0.2, -0.15) is 0 Å². The molecular formula is C19H22ClN3O2. The van der Waals surface area contributed by atoms with Crippen molar-refractivity contribution in [3.05, 3.63) is 53.1 Å². The average molecular weight is 360 g/mol. The van der Waals surface area contributed by atoms with Crippen LogP contribution < -0.4 is 20.5 Å². The lowest BCUT2D eigenvalue weighted by molar-refractivity contribution is 0.297. The average Bonchev–Trinajstić information content (AvgIpc) is 3.43. The highest BCUT2D eigenvalue weighted by atomic mass is 35.5. The first-order valence-corrected chi connectivity index (χ1v) is 8.64. The van der Waals surface area contributed by atoms with Crippen molar-refractivity contribution in [1.82, 2.24) is 0 Å². The van der Waals surface area contributed by atoms with E-state index >= 15 is 0 Å². The molecule has 0 aromatic heterocycles. The predicted molar refractivity (Wildman–Crippen MR) is 102 cm³/mol. The summed E-state index contributed by atoms with van der Waals surface area (Å²) < 4.78 is 11.0. The van der Waals surface area contributed by atoms with Gasteiger partial charge in [0, 0.05) is 11.3 Å². The zero-order valence-electron chi connectivity index (χ0n) is 14.2. The Balaban J connectivity index is 1.62. The van der Waals surface area contributed by atoms with E-state index in [0.717, 1.165) is 23.6 Å². The van der Waals surface area contributed by atoms with E-state index in [0.29, 0.717) is 29.2 Å². The molecule has 0 bridgehead atoms. The molecule has 0 heterocycles. The van der Waals surface area contributed by atoms with Crippen molar-refractivity contribution in [3.63, 3.8) is 0 Å². The summed E-state index contributed by atoms with van der Waals surface area (Å²) >= 11 is 6.11. The number of halogens is 1. The number of ether oxygens (including phenoxy) is 2. The maximum Gasteiger partial charge on any atom is 0.193 e. The summed E-state index contributed by atoms with van der Waals surface area (Å²) in [6.07, 6.45) is 2.53. The molecule has 2 aromatic rings. The van der Waals surface area contributed by atoms with E-state index in [4.69, 9.17) is 26.8 Å². The fraction of sp³-hybridized carbons (Fsp3) is 0.316. The Hall–Kier alpha value is -2.40. The number of nitrogens with zero attached hydrogens (tertiary/aromatic N) is 1. The molecule has 25 heavy (non-hydrogen) atoms. The Morgan fingerprint density at radius 2 is 2.04 bits per heavy atom. The monoisotopic (exact) mass is 359 g/mol. The van der Waals surface area contributed by atoms with Crippen LogP contribution in [0.2, 0.25) is 5.02 Å². The SMILES string of the molecule is COc1ccc(NC(N)=NCc2ccccc2OCC2CC2)cc1Cl. The number of para-hydroxylation sites is 1. The summed E-state index contributed by atoms with van der Waals surface area (Å²) in [6.45, 7) is 1.22. The first-order valence-electron chi connectivity index (χ1n) is 8.27. The molecule has 1 fully saturated rings. The lowest BCUT2D eigenvalue weighted by atomic mass is 10.2. The molecule has 0 atom stereocenters. The third-order valence-electron chi connectivity index (χ3n) is 3.99. The van der Waals surface area contributed by atoms with E-state index in [2.05, 4.69) is 10.3 Å². The molecule has 1 aliphatic carbocycles. The maximum atomic E-state index is 6.11. The molecule has 3 rings (SSSR count). The minimum atomic E-state index is 0.318. The largest absolute Gasteiger partial charge is 0.495 e. The van der Waals surface area contributed by atoms with E-state index in [-0.39, 0.29) is 0 Å². The minimum Gasteiger partial charge on any atom is -0.495 e. The van der Waals surface area contributed by atoms with Crippen molar-refractivity contribution in [2.75, 3.05) is 19.0 Å². The van der Waals surface area contributed by atoms with Gasteiger partial charge < -0.3 is 20.5 Å². The number of hydrogen-bond acceptors (Lipinski definition) is 3. The molecule has 0 unspecified atom stereocenters. The summed E-state index contributed by atoms with van der Waals surface area (Å²) in [5.41, 5.74) is 7.75. The molecule has 0 amide bonds. The number of methoxy groups -OCH3 is 1. The van der Waals surface area contributed by atoms with Gasteiger partial charge >= 0.3 is 0 Å². The number of aliphatic imine (C=N–C) groups is 1. The highest BCUT2D eigenvalue weighted by molar-refractivity contribution is 6.32. The molecule has 0 spiro atoms. The Bertz CT molecular complexity index is 760. The molecular weight excluding hydrogens is 338 g/mol. The van der Waals surface area contributed by atoms with Gasteiger partial charge in [0.05, 0.1) is 25.3 Å². The molecule has 0 aliphatic heterocycles. The first kappa shape index (κ1) is 17.4. The van der Waals surface area contributed by atoms with E-state index in [1.807, 2.05) is 30.3 Å². The number of hydrogen-bond donors (Lipinski definition) is 2. The van der Waals surface area contributed by atoms with Crippen LogP contribution in [0.5, 0.6) is 11.5 Å². The van der Waals surface area contributed by atoms with Crippen molar-refractivity contribution < 1.29 is 9.47 Å². The second-order valence-corrected chi connectivity index (χ2v) is 6.45. The second kappa shape index (κ2) is 8.12. The first-order chi connectivity index (χ1) is 12.2. The Labute approximate surface area is 152 Å². The number of anilines is 1. The fourth-order valence-electron chi connectivity index (χ4n) is 2.37. The van der Waals surface area contributed by atoms with Crippen molar-refractivity contribution in [2.24, 2.45) is 16.6 Å². The number of nitrogens with two attached hydrogens (primary N) is 1. The fourth-order valence-corrected chi connectivity index (χ4v) is 2.63. The number of nitrogens with one attached hydrogen (secondary N) is 1. The molecule has 2 aromatic carbocycles. The van der Waals surface area contributed by atoms with Crippen LogP contribution in [-0.4, -0.2) is 19.7 Å². The van der Waals surface area contributed by atoms with Gasteiger partial charge in [-0.15, -0.1) is 0 Å². The zero-order valence-corrected chi connectivity index (χ0v) is 14.9. The van der Waals surface area contributed by atoms with Crippen LogP contribution in [-0.2, 0) is 6.54 Å². The smallest absolute Gasteiger partial charge is 0.193 e. The van der Waals surface area contributed by atoms with E-state index in [1.165, 1.54) is 12.8 Å². The number of benzene rings is 2. The standard InChI is InChI=1S/C19H22ClN3O2/c1-24-18-9-8-15(10-16(18)20)23-19(21)22-11-14-4-2-3-5-17(14)25-12-13-6-7-13/h2-5,8-10,13H,6-7,11-12H2,1H3,(H3,21,22,23). The number of guanidine groups is 1. The summed E-state index contributed by atoms with van der Waals surface area (Å²) in [6, 6.07) is 13.3. The van der Waals surface area contributed by atoms with Crippen LogP contribution in [0.3, 0.4) is 0 Å². The van der Waals surface area contributed by atoms with Crippen molar-refractivity contribution >= 4 is 23.2 Å².